The van der Waals surface area contributed by atoms with E-state index in [2.05, 4.69) is 31.9 Å². The number of hydrogen-bond donors (Lipinski definition) is 0. The highest BCUT2D eigenvalue weighted by atomic mass is 19.4. The second-order valence-corrected chi connectivity index (χ2v) is 11.8. The molecule has 0 amide bonds. The molecule has 0 radical (unpaired) electrons. The van der Waals surface area contributed by atoms with Crippen LogP contribution in [0.25, 0.3) is 0 Å². The molecule has 2 aromatic carbocycles. The van der Waals surface area contributed by atoms with E-state index < -0.39 is 29.1 Å². The summed E-state index contributed by atoms with van der Waals surface area (Å²) in [5, 5.41) is 8.13. The van der Waals surface area contributed by atoms with Gasteiger partial charge in [0, 0.05) is 31.7 Å². The highest BCUT2D eigenvalue weighted by Gasteiger charge is 2.52. The number of benzene rings is 2. The summed E-state index contributed by atoms with van der Waals surface area (Å²) in [6, 6.07) is 13.6. The Kier molecular flexibility index (Phi) is 10.2. The maximum atomic E-state index is 13.3. The second kappa shape index (κ2) is 13.6. The topological polar surface area (TPSA) is 105 Å². The molecule has 2 heterocycles. The van der Waals surface area contributed by atoms with Crippen LogP contribution < -0.4 is 4.74 Å². The molecule has 0 fully saturated rings. The summed E-state index contributed by atoms with van der Waals surface area (Å²) in [5.74, 6) is -3.00. The summed E-state index contributed by atoms with van der Waals surface area (Å²) >= 11 is 0. The number of rotatable bonds is 10. The molecule has 10 nitrogen and oxygen atoms in total. The van der Waals surface area contributed by atoms with Gasteiger partial charge in [-0.25, -0.2) is 19.4 Å². The predicted molar refractivity (Wildman–Crippen MR) is 156 cm³/mol. The SMILES string of the molecule is CC[C@@H]1CN(Cc2cc([C@](C)(OCc3cn(CC)nn3)C(C)(C)C(=O)OOC(=O)C(F)(F)F)ccc2C)Cc2ccccc2O1. The van der Waals surface area contributed by atoms with Crippen molar-refractivity contribution in [1.29, 1.82) is 0 Å². The van der Waals surface area contributed by atoms with E-state index >= 15 is 0 Å². The smallest absolute Gasteiger partial charge is 0.489 e. The molecule has 0 saturated heterocycles. The minimum absolute atomic E-state index is 0.00427. The van der Waals surface area contributed by atoms with Gasteiger partial charge in [-0.1, -0.05) is 48.5 Å². The van der Waals surface area contributed by atoms with E-state index in [1.54, 1.807) is 23.9 Å². The number of aryl methyl sites for hydroxylation is 2. The number of carbonyl (C=O) groups is 2. The normalized spacial score (nSPS) is 17.0. The first-order valence-corrected chi connectivity index (χ1v) is 14.8. The largest absolute Gasteiger partial charge is 0.495 e. The highest BCUT2D eigenvalue weighted by molar-refractivity contribution is 5.80. The van der Waals surface area contributed by atoms with Crippen molar-refractivity contribution in [1.82, 2.24) is 19.9 Å². The average molecular weight is 633 g/mol. The van der Waals surface area contributed by atoms with Crippen LogP contribution in [-0.4, -0.2) is 50.7 Å². The van der Waals surface area contributed by atoms with Gasteiger partial charge in [-0.3, -0.25) is 9.58 Å². The second-order valence-electron chi connectivity index (χ2n) is 11.8. The number of halogens is 3. The van der Waals surface area contributed by atoms with Crippen molar-refractivity contribution in [2.24, 2.45) is 5.41 Å². The number of fused-ring (bicyclic) bond motifs is 1. The number of carbonyl (C=O) groups excluding carboxylic acids is 2. The van der Waals surface area contributed by atoms with E-state index in [4.69, 9.17) is 9.47 Å². The van der Waals surface area contributed by atoms with E-state index in [0.717, 1.165) is 28.9 Å². The zero-order chi connectivity index (χ0) is 33.0. The maximum absolute atomic E-state index is 13.3. The Labute approximate surface area is 260 Å². The van der Waals surface area contributed by atoms with Crippen molar-refractivity contribution in [3.8, 4) is 5.75 Å². The van der Waals surface area contributed by atoms with Crippen LogP contribution in [0.1, 0.15) is 69.0 Å². The first-order chi connectivity index (χ1) is 21.2. The predicted octanol–water partition coefficient (Wildman–Crippen LogP) is 5.80. The van der Waals surface area contributed by atoms with Crippen molar-refractivity contribution < 1.29 is 42.0 Å². The van der Waals surface area contributed by atoms with E-state index in [1.807, 2.05) is 50.2 Å². The zero-order valence-electron chi connectivity index (χ0n) is 26.3. The van der Waals surface area contributed by atoms with Gasteiger partial charge in [0.15, 0.2) is 0 Å². The summed E-state index contributed by atoms with van der Waals surface area (Å²) in [6.07, 6.45) is -2.82. The molecular weight excluding hydrogens is 593 g/mol. The molecule has 1 aromatic heterocycles. The molecule has 3 aromatic rings. The lowest BCUT2D eigenvalue weighted by Crippen LogP contribution is -2.48. The van der Waals surface area contributed by atoms with Crippen molar-refractivity contribution >= 4 is 11.9 Å². The first kappa shape index (κ1) is 33.9. The number of hydrogen-bond acceptors (Lipinski definition) is 9. The van der Waals surface area contributed by atoms with E-state index in [-0.39, 0.29) is 12.7 Å². The summed E-state index contributed by atoms with van der Waals surface area (Å²) in [7, 11) is 0. The lowest BCUT2D eigenvalue weighted by Gasteiger charge is -2.42. The van der Waals surface area contributed by atoms with E-state index in [1.165, 1.54) is 13.8 Å². The van der Waals surface area contributed by atoms with Gasteiger partial charge in [0.05, 0.1) is 18.2 Å². The number of ether oxygens (including phenoxy) is 2. The van der Waals surface area contributed by atoms with Gasteiger partial charge >= 0.3 is 18.1 Å². The van der Waals surface area contributed by atoms with Crippen LogP contribution in [0, 0.1) is 12.3 Å². The molecule has 2 atom stereocenters. The van der Waals surface area contributed by atoms with Gasteiger partial charge < -0.3 is 9.47 Å². The fourth-order valence-electron chi connectivity index (χ4n) is 5.10. The number of alkyl halides is 3. The van der Waals surface area contributed by atoms with Crippen LogP contribution in [0.3, 0.4) is 0 Å². The molecule has 0 saturated carbocycles. The third-order valence-electron chi connectivity index (χ3n) is 8.42. The Balaban J connectivity index is 1.67. The summed E-state index contributed by atoms with van der Waals surface area (Å²) in [4.78, 5) is 35.2. The standard InChI is InChI=1S/C32H39F3N4O6/c1-7-26-19-38(16-22-11-9-10-12-27(22)43-26)17-23-15-24(14-13-21(23)3)31(6,42-20-25-18-39(8-2)37-36-25)30(4,5)28(40)44-45-29(41)32(33,34)35/h9-15,18,26H,7-8,16-17,19-20H2,1-6H3/t26-,31+/m1/s1. The average Bonchev–Trinajstić information content (AvgIpc) is 3.39. The van der Waals surface area contributed by atoms with Gasteiger partial charge in [-0.15, -0.1) is 5.10 Å². The molecular formula is C32H39F3N4O6. The third-order valence-corrected chi connectivity index (χ3v) is 8.42. The zero-order valence-corrected chi connectivity index (χ0v) is 26.3. The monoisotopic (exact) mass is 632 g/mol. The fraction of sp³-hybridized carbons (Fsp3) is 0.500. The highest BCUT2D eigenvalue weighted by Crippen LogP contribution is 2.45. The van der Waals surface area contributed by atoms with Crippen LogP contribution in [0.4, 0.5) is 13.2 Å². The lowest BCUT2D eigenvalue weighted by molar-refractivity contribution is -0.296. The minimum atomic E-state index is -5.34. The molecule has 1 aliphatic rings. The summed E-state index contributed by atoms with van der Waals surface area (Å²) in [6.45, 7) is 12.9. The Bertz CT molecular complexity index is 1510. The molecule has 0 spiro atoms. The fourth-order valence-corrected chi connectivity index (χ4v) is 5.10. The van der Waals surface area contributed by atoms with Crippen LogP contribution in [0.2, 0.25) is 0 Å². The van der Waals surface area contributed by atoms with E-state index in [9.17, 15) is 22.8 Å². The molecule has 45 heavy (non-hydrogen) atoms. The number of nitrogens with zero attached hydrogens (tertiary/aromatic N) is 4. The summed E-state index contributed by atoms with van der Waals surface area (Å²) in [5.41, 5.74) is 0.931. The molecule has 0 aliphatic carbocycles. The van der Waals surface area contributed by atoms with Crippen molar-refractivity contribution in [3.05, 3.63) is 76.6 Å². The van der Waals surface area contributed by atoms with Crippen LogP contribution in [-0.2, 0) is 55.9 Å². The van der Waals surface area contributed by atoms with Gasteiger partial charge in [0.2, 0.25) is 0 Å². The van der Waals surface area contributed by atoms with Gasteiger partial charge in [-0.2, -0.15) is 13.2 Å². The Morgan fingerprint density at radius 1 is 1.04 bits per heavy atom. The van der Waals surface area contributed by atoms with Gasteiger partial charge in [0.1, 0.15) is 23.1 Å². The van der Waals surface area contributed by atoms with Crippen LogP contribution in [0.5, 0.6) is 5.75 Å². The minimum Gasteiger partial charge on any atom is -0.489 e. The Morgan fingerprint density at radius 2 is 1.76 bits per heavy atom. The Morgan fingerprint density at radius 3 is 2.42 bits per heavy atom. The Hall–Kier alpha value is -3.97. The van der Waals surface area contributed by atoms with Crippen LogP contribution >= 0.6 is 0 Å². The number of para-hydroxylation sites is 1. The maximum Gasteiger partial charge on any atom is 0.495 e. The van der Waals surface area contributed by atoms with Gasteiger partial charge in [0.25, 0.3) is 0 Å². The third kappa shape index (κ3) is 7.64. The van der Waals surface area contributed by atoms with Crippen molar-refractivity contribution in [3.63, 3.8) is 0 Å². The van der Waals surface area contributed by atoms with Crippen molar-refractivity contribution in [2.45, 2.75) is 92.1 Å². The number of aromatic nitrogens is 3. The molecule has 13 heteroatoms. The van der Waals surface area contributed by atoms with E-state index in [0.29, 0.717) is 37.4 Å². The molecule has 1 aliphatic heterocycles. The summed E-state index contributed by atoms with van der Waals surface area (Å²) < 4.78 is 52.5. The molecule has 4 rings (SSSR count). The molecule has 0 unspecified atom stereocenters. The molecule has 0 N–H and O–H groups in total. The van der Waals surface area contributed by atoms with Crippen LogP contribution in [0.15, 0.2) is 48.7 Å². The van der Waals surface area contributed by atoms with Crippen molar-refractivity contribution in [2.75, 3.05) is 6.54 Å². The first-order valence-electron chi connectivity index (χ1n) is 14.8. The van der Waals surface area contributed by atoms with Gasteiger partial charge in [-0.05, 0) is 63.8 Å². The molecule has 244 valence electrons. The lowest BCUT2D eigenvalue weighted by atomic mass is 9.71. The molecule has 0 bridgehead atoms. The quantitative estimate of drug-likeness (QED) is 0.203.